The van der Waals surface area contributed by atoms with E-state index in [0.717, 1.165) is 18.5 Å². The van der Waals surface area contributed by atoms with E-state index in [-0.39, 0.29) is 0 Å². The molecule has 0 amide bonds. The predicted molar refractivity (Wildman–Crippen MR) is 67.1 cm³/mol. The number of piperidine rings is 1. The molecular formula is C13H28N2. The van der Waals surface area contributed by atoms with Crippen molar-refractivity contribution in [3.63, 3.8) is 0 Å². The molecule has 1 rings (SSSR count). The van der Waals surface area contributed by atoms with Gasteiger partial charge in [0.05, 0.1) is 0 Å². The van der Waals surface area contributed by atoms with Gasteiger partial charge in [-0.3, -0.25) is 0 Å². The lowest BCUT2D eigenvalue weighted by Crippen LogP contribution is -2.49. The molecule has 90 valence electrons. The first-order chi connectivity index (χ1) is 6.92. The van der Waals surface area contributed by atoms with E-state index in [9.17, 15) is 0 Å². The van der Waals surface area contributed by atoms with Gasteiger partial charge in [0.15, 0.2) is 0 Å². The molecule has 1 heterocycles. The number of hydrogen-bond donors (Lipinski definition) is 1. The largest absolute Gasteiger partial charge is 0.314 e. The van der Waals surface area contributed by atoms with Crippen molar-refractivity contribution in [2.24, 2.45) is 11.3 Å². The molecule has 1 fully saturated rings. The Hall–Kier alpha value is -0.0800. The third-order valence-corrected chi connectivity index (χ3v) is 3.15. The summed E-state index contributed by atoms with van der Waals surface area (Å²) in [6.45, 7) is 16.4. The highest BCUT2D eigenvalue weighted by Gasteiger charge is 2.27. The zero-order valence-corrected chi connectivity index (χ0v) is 11.1. The van der Waals surface area contributed by atoms with Crippen LogP contribution in [0.4, 0.5) is 0 Å². The summed E-state index contributed by atoms with van der Waals surface area (Å²) in [5, 5.41) is 3.59. The number of nitrogens with one attached hydrogen (secondary N) is 1. The van der Waals surface area contributed by atoms with Crippen LogP contribution in [0.25, 0.3) is 0 Å². The third kappa shape index (κ3) is 4.52. The molecule has 0 aliphatic carbocycles. The quantitative estimate of drug-likeness (QED) is 0.772. The minimum atomic E-state index is 0.435. The monoisotopic (exact) mass is 212 g/mol. The van der Waals surface area contributed by atoms with Crippen LogP contribution >= 0.6 is 0 Å². The zero-order valence-electron chi connectivity index (χ0n) is 11.1. The first-order valence-corrected chi connectivity index (χ1v) is 6.38. The van der Waals surface area contributed by atoms with Crippen LogP contribution in [-0.2, 0) is 0 Å². The van der Waals surface area contributed by atoms with Gasteiger partial charge in [-0.2, -0.15) is 0 Å². The van der Waals surface area contributed by atoms with Gasteiger partial charge in [0, 0.05) is 19.1 Å². The number of hydrogen-bond acceptors (Lipinski definition) is 2. The fourth-order valence-electron chi connectivity index (χ4n) is 2.61. The molecule has 0 radical (unpaired) electrons. The van der Waals surface area contributed by atoms with Crippen molar-refractivity contribution in [1.29, 1.82) is 0 Å². The fraction of sp³-hybridized carbons (Fsp3) is 1.00. The van der Waals surface area contributed by atoms with Crippen molar-refractivity contribution in [1.82, 2.24) is 10.2 Å². The second-order valence-electron chi connectivity index (χ2n) is 6.23. The van der Waals surface area contributed by atoms with Crippen molar-refractivity contribution in [2.45, 2.75) is 47.1 Å². The highest BCUT2D eigenvalue weighted by atomic mass is 15.2. The molecule has 0 bridgehead atoms. The van der Waals surface area contributed by atoms with Crippen LogP contribution in [0.15, 0.2) is 0 Å². The van der Waals surface area contributed by atoms with E-state index >= 15 is 0 Å². The lowest BCUT2D eigenvalue weighted by Gasteiger charge is -2.40. The van der Waals surface area contributed by atoms with Gasteiger partial charge < -0.3 is 10.2 Å². The second-order valence-corrected chi connectivity index (χ2v) is 6.23. The van der Waals surface area contributed by atoms with Crippen molar-refractivity contribution < 1.29 is 0 Å². The highest BCUT2D eigenvalue weighted by Crippen LogP contribution is 2.21. The molecule has 1 saturated heterocycles. The van der Waals surface area contributed by atoms with Gasteiger partial charge in [0.2, 0.25) is 0 Å². The van der Waals surface area contributed by atoms with E-state index in [1.807, 2.05) is 0 Å². The van der Waals surface area contributed by atoms with Gasteiger partial charge in [-0.15, -0.1) is 0 Å². The van der Waals surface area contributed by atoms with E-state index in [1.165, 1.54) is 26.1 Å². The van der Waals surface area contributed by atoms with Crippen LogP contribution in [0.5, 0.6) is 0 Å². The van der Waals surface area contributed by atoms with Crippen molar-refractivity contribution in [3.8, 4) is 0 Å². The van der Waals surface area contributed by atoms with Crippen LogP contribution in [0, 0.1) is 11.3 Å². The average Bonchev–Trinajstić information content (AvgIpc) is 2.07. The summed E-state index contributed by atoms with van der Waals surface area (Å²) in [5.74, 6) is 0.793. The molecule has 0 saturated carbocycles. The van der Waals surface area contributed by atoms with Crippen molar-refractivity contribution in [2.75, 3.05) is 26.2 Å². The van der Waals surface area contributed by atoms with Gasteiger partial charge in [0.1, 0.15) is 0 Å². The zero-order chi connectivity index (χ0) is 11.5. The van der Waals surface area contributed by atoms with Gasteiger partial charge in [-0.25, -0.2) is 0 Å². The Morgan fingerprint density at radius 2 is 2.00 bits per heavy atom. The summed E-state index contributed by atoms with van der Waals surface area (Å²) in [4.78, 5) is 2.62. The summed E-state index contributed by atoms with van der Waals surface area (Å²) in [6, 6.07) is 0.742. The number of likely N-dealkylation sites (tertiary alicyclic amines) is 1. The second kappa shape index (κ2) is 5.31. The minimum Gasteiger partial charge on any atom is -0.314 e. The Kier molecular flexibility index (Phi) is 4.60. The van der Waals surface area contributed by atoms with E-state index < -0.39 is 0 Å². The Morgan fingerprint density at radius 3 is 2.47 bits per heavy atom. The Morgan fingerprint density at radius 1 is 1.33 bits per heavy atom. The molecule has 2 nitrogen and oxygen atoms in total. The topological polar surface area (TPSA) is 15.3 Å². The summed E-state index contributed by atoms with van der Waals surface area (Å²) in [7, 11) is 0. The molecule has 0 aromatic heterocycles. The molecule has 1 aliphatic rings. The van der Waals surface area contributed by atoms with E-state index in [4.69, 9.17) is 0 Å². The predicted octanol–water partition coefficient (Wildman–Crippen LogP) is 2.35. The molecule has 1 N–H and O–H groups in total. The Labute approximate surface area is 95.4 Å². The lowest BCUT2D eigenvalue weighted by molar-refractivity contribution is 0.111. The van der Waals surface area contributed by atoms with Gasteiger partial charge >= 0.3 is 0 Å². The maximum absolute atomic E-state index is 3.59. The molecule has 1 aliphatic heterocycles. The van der Waals surface area contributed by atoms with Gasteiger partial charge in [-0.1, -0.05) is 34.6 Å². The fourth-order valence-corrected chi connectivity index (χ4v) is 2.61. The Balaban J connectivity index is 2.37. The van der Waals surface area contributed by atoms with E-state index in [1.54, 1.807) is 0 Å². The number of nitrogens with zero attached hydrogens (tertiary/aromatic N) is 1. The highest BCUT2D eigenvalue weighted by molar-refractivity contribution is 4.84. The molecule has 15 heavy (non-hydrogen) atoms. The first-order valence-electron chi connectivity index (χ1n) is 6.38. The van der Waals surface area contributed by atoms with Gasteiger partial charge in [0.25, 0.3) is 0 Å². The third-order valence-electron chi connectivity index (χ3n) is 3.15. The summed E-state index contributed by atoms with van der Waals surface area (Å²) in [6.07, 6.45) is 1.31. The maximum atomic E-state index is 3.59. The Bertz CT molecular complexity index is 183. The van der Waals surface area contributed by atoms with Crippen molar-refractivity contribution in [3.05, 3.63) is 0 Å². The first kappa shape index (κ1) is 13.0. The molecule has 2 unspecified atom stereocenters. The normalized spacial score (nSPS) is 29.4. The molecule has 2 heteroatoms. The van der Waals surface area contributed by atoms with Crippen LogP contribution in [0.3, 0.4) is 0 Å². The minimum absolute atomic E-state index is 0.435. The summed E-state index contributed by atoms with van der Waals surface area (Å²) < 4.78 is 0. The average molecular weight is 212 g/mol. The van der Waals surface area contributed by atoms with Crippen molar-refractivity contribution >= 4 is 0 Å². The van der Waals surface area contributed by atoms with E-state index in [2.05, 4.69) is 44.8 Å². The van der Waals surface area contributed by atoms with Gasteiger partial charge in [-0.05, 0) is 30.8 Å². The molecule has 2 atom stereocenters. The van der Waals surface area contributed by atoms with Crippen LogP contribution in [-0.4, -0.2) is 37.1 Å². The van der Waals surface area contributed by atoms with E-state index in [0.29, 0.717) is 5.41 Å². The standard InChI is InChI=1S/C13H28N2/c1-6-14-12-7-8-15(9-11(12)2)10-13(3,4)5/h11-12,14H,6-10H2,1-5H3. The summed E-state index contributed by atoms with van der Waals surface area (Å²) >= 11 is 0. The maximum Gasteiger partial charge on any atom is 0.0117 e. The summed E-state index contributed by atoms with van der Waals surface area (Å²) in [5.41, 5.74) is 0.435. The lowest BCUT2D eigenvalue weighted by atomic mass is 9.90. The molecule has 0 aromatic carbocycles. The van der Waals surface area contributed by atoms with Crippen LogP contribution < -0.4 is 5.32 Å². The molecule has 0 aromatic rings. The molecular weight excluding hydrogens is 184 g/mol. The van der Waals surface area contributed by atoms with Crippen LogP contribution in [0.2, 0.25) is 0 Å². The SMILES string of the molecule is CCNC1CCN(CC(C)(C)C)CC1C. The number of rotatable bonds is 3. The molecule has 0 spiro atoms. The van der Waals surface area contributed by atoms with Crippen LogP contribution in [0.1, 0.15) is 41.0 Å². The smallest absolute Gasteiger partial charge is 0.0117 e.